The molecule has 4 nitrogen and oxygen atoms in total. The van der Waals surface area contributed by atoms with E-state index in [-0.39, 0.29) is 11.7 Å². The predicted molar refractivity (Wildman–Crippen MR) is 98.4 cm³/mol. The van der Waals surface area contributed by atoms with Crippen LogP contribution in [0.15, 0.2) is 54.6 Å². The zero-order chi connectivity index (χ0) is 18.1. The van der Waals surface area contributed by atoms with E-state index in [1.807, 2.05) is 34.8 Å². The summed E-state index contributed by atoms with van der Waals surface area (Å²) in [5, 5.41) is 4.71. The number of aromatic nitrogens is 2. The summed E-state index contributed by atoms with van der Waals surface area (Å²) < 4.78 is 15.0. The number of carbonyl (C=O) groups is 1. The molecular weight excluding hydrogens is 329 g/mol. The van der Waals surface area contributed by atoms with Crippen molar-refractivity contribution in [1.82, 2.24) is 14.7 Å². The normalized spacial score (nSPS) is 14.0. The van der Waals surface area contributed by atoms with Crippen molar-refractivity contribution in [2.24, 2.45) is 7.05 Å². The van der Waals surface area contributed by atoms with Crippen molar-refractivity contribution in [2.45, 2.75) is 12.8 Å². The summed E-state index contributed by atoms with van der Waals surface area (Å²) in [7, 11) is 1.96. The van der Waals surface area contributed by atoms with Gasteiger partial charge in [-0.1, -0.05) is 30.3 Å². The van der Waals surface area contributed by atoms with Gasteiger partial charge in [-0.15, -0.1) is 0 Å². The molecular formula is C21H20FN3O. The van der Waals surface area contributed by atoms with Crippen LogP contribution >= 0.6 is 0 Å². The molecule has 1 amide bonds. The minimum absolute atomic E-state index is 0.0490. The van der Waals surface area contributed by atoms with Gasteiger partial charge in [0.1, 0.15) is 5.82 Å². The van der Waals surface area contributed by atoms with Gasteiger partial charge in [0, 0.05) is 48.9 Å². The SMILES string of the molecule is Cn1nc(-c2ccccc2)c2c1CCN(C(=O)c1ccc(F)cc1)CC2. The molecule has 1 aliphatic heterocycles. The van der Waals surface area contributed by atoms with Crippen molar-refractivity contribution in [1.29, 1.82) is 0 Å². The quantitative estimate of drug-likeness (QED) is 0.711. The molecule has 1 aromatic heterocycles. The maximum atomic E-state index is 13.1. The fourth-order valence-electron chi connectivity index (χ4n) is 3.58. The van der Waals surface area contributed by atoms with E-state index in [4.69, 9.17) is 5.10 Å². The Balaban J connectivity index is 1.60. The molecule has 5 heteroatoms. The number of aryl methyl sites for hydroxylation is 1. The Hall–Kier alpha value is -2.95. The molecule has 1 aliphatic rings. The highest BCUT2D eigenvalue weighted by Gasteiger charge is 2.25. The van der Waals surface area contributed by atoms with Crippen molar-refractivity contribution in [3.05, 3.63) is 77.2 Å². The topological polar surface area (TPSA) is 38.1 Å². The van der Waals surface area contributed by atoms with E-state index in [0.29, 0.717) is 18.7 Å². The van der Waals surface area contributed by atoms with E-state index in [1.54, 1.807) is 12.1 Å². The molecule has 0 N–H and O–H groups in total. The number of carbonyl (C=O) groups excluding carboxylic acids is 1. The Morgan fingerprint density at radius 3 is 2.42 bits per heavy atom. The van der Waals surface area contributed by atoms with Crippen LogP contribution in [0.1, 0.15) is 21.6 Å². The van der Waals surface area contributed by atoms with Gasteiger partial charge < -0.3 is 4.90 Å². The van der Waals surface area contributed by atoms with Crippen LogP contribution in [0.4, 0.5) is 4.39 Å². The number of amides is 1. The highest BCUT2D eigenvalue weighted by Crippen LogP contribution is 2.28. The van der Waals surface area contributed by atoms with Crippen LogP contribution < -0.4 is 0 Å². The van der Waals surface area contributed by atoms with Crippen LogP contribution in [-0.2, 0) is 19.9 Å². The Morgan fingerprint density at radius 2 is 1.69 bits per heavy atom. The van der Waals surface area contributed by atoms with E-state index in [2.05, 4.69) is 12.1 Å². The summed E-state index contributed by atoms with van der Waals surface area (Å²) in [6.45, 7) is 1.27. The Kier molecular flexibility index (Phi) is 4.29. The molecule has 2 aromatic carbocycles. The summed E-state index contributed by atoms with van der Waals surface area (Å²) in [5.41, 5.74) is 5.02. The van der Waals surface area contributed by atoms with Gasteiger partial charge in [0.2, 0.25) is 0 Å². The molecule has 0 radical (unpaired) electrons. The molecule has 0 spiro atoms. The number of hydrogen-bond acceptors (Lipinski definition) is 2. The predicted octanol–water partition coefficient (Wildman–Crippen LogP) is 3.47. The van der Waals surface area contributed by atoms with E-state index in [9.17, 15) is 9.18 Å². The lowest BCUT2D eigenvalue weighted by atomic mass is 10.0. The van der Waals surface area contributed by atoms with E-state index >= 15 is 0 Å². The molecule has 2 heterocycles. The molecule has 4 rings (SSSR count). The molecule has 0 saturated heterocycles. The van der Waals surface area contributed by atoms with Crippen molar-refractivity contribution >= 4 is 5.91 Å². The van der Waals surface area contributed by atoms with E-state index in [0.717, 1.165) is 24.1 Å². The number of rotatable bonds is 2. The summed E-state index contributed by atoms with van der Waals surface area (Å²) in [6, 6.07) is 15.9. The van der Waals surface area contributed by atoms with Gasteiger partial charge in [0.05, 0.1) is 5.69 Å². The Bertz CT molecular complexity index is 932. The second-order valence-electron chi connectivity index (χ2n) is 6.56. The lowest BCUT2D eigenvalue weighted by molar-refractivity contribution is 0.0762. The largest absolute Gasteiger partial charge is 0.338 e. The third kappa shape index (κ3) is 3.01. The summed E-state index contributed by atoms with van der Waals surface area (Å²) in [4.78, 5) is 14.6. The molecule has 0 fully saturated rings. The van der Waals surface area contributed by atoms with Crippen molar-refractivity contribution in [3.8, 4) is 11.3 Å². The van der Waals surface area contributed by atoms with Crippen molar-refractivity contribution < 1.29 is 9.18 Å². The summed E-state index contributed by atoms with van der Waals surface area (Å²) >= 11 is 0. The van der Waals surface area contributed by atoms with Crippen LogP contribution in [0.3, 0.4) is 0 Å². The lowest BCUT2D eigenvalue weighted by Gasteiger charge is -2.20. The minimum atomic E-state index is -0.330. The zero-order valence-electron chi connectivity index (χ0n) is 14.7. The molecule has 132 valence electrons. The minimum Gasteiger partial charge on any atom is -0.338 e. The van der Waals surface area contributed by atoms with Gasteiger partial charge in [-0.2, -0.15) is 5.10 Å². The first-order valence-electron chi connectivity index (χ1n) is 8.78. The Labute approximate surface area is 151 Å². The molecule has 0 saturated carbocycles. The average molecular weight is 349 g/mol. The monoisotopic (exact) mass is 349 g/mol. The smallest absolute Gasteiger partial charge is 0.253 e. The summed E-state index contributed by atoms with van der Waals surface area (Å²) in [6.07, 6.45) is 1.53. The second kappa shape index (κ2) is 6.75. The van der Waals surface area contributed by atoms with Crippen molar-refractivity contribution in [2.75, 3.05) is 13.1 Å². The second-order valence-corrected chi connectivity index (χ2v) is 6.56. The number of benzene rings is 2. The van der Waals surface area contributed by atoms with Gasteiger partial charge >= 0.3 is 0 Å². The third-order valence-electron chi connectivity index (χ3n) is 4.95. The van der Waals surface area contributed by atoms with Gasteiger partial charge in [-0.25, -0.2) is 4.39 Å². The molecule has 0 aliphatic carbocycles. The fraction of sp³-hybridized carbons (Fsp3) is 0.238. The lowest BCUT2D eigenvalue weighted by Crippen LogP contribution is -2.33. The van der Waals surface area contributed by atoms with Gasteiger partial charge in [-0.05, 0) is 30.7 Å². The van der Waals surface area contributed by atoms with E-state index in [1.165, 1.54) is 23.4 Å². The molecule has 26 heavy (non-hydrogen) atoms. The molecule has 0 unspecified atom stereocenters. The van der Waals surface area contributed by atoms with Gasteiger partial charge in [-0.3, -0.25) is 9.48 Å². The van der Waals surface area contributed by atoms with Crippen LogP contribution in [-0.4, -0.2) is 33.7 Å². The number of hydrogen-bond donors (Lipinski definition) is 0. The standard InChI is InChI=1S/C21H20FN3O/c1-24-19-12-14-25(21(26)16-7-9-17(22)10-8-16)13-11-18(19)20(23-24)15-5-3-2-4-6-15/h2-10H,11-14H2,1H3. The summed E-state index contributed by atoms with van der Waals surface area (Å²) in [5.74, 6) is -0.379. The van der Waals surface area contributed by atoms with Crippen LogP contribution in [0, 0.1) is 5.82 Å². The van der Waals surface area contributed by atoms with Crippen molar-refractivity contribution in [3.63, 3.8) is 0 Å². The number of nitrogens with zero attached hydrogens (tertiary/aromatic N) is 3. The van der Waals surface area contributed by atoms with Crippen LogP contribution in [0.2, 0.25) is 0 Å². The zero-order valence-corrected chi connectivity index (χ0v) is 14.7. The first-order chi connectivity index (χ1) is 12.6. The maximum Gasteiger partial charge on any atom is 0.253 e. The number of halogens is 1. The average Bonchev–Trinajstić information content (AvgIpc) is 2.84. The third-order valence-corrected chi connectivity index (χ3v) is 4.95. The first-order valence-corrected chi connectivity index (χ1v) is 8.78. The fourth-order valence-corrected chi connectivity index (χ4v) is 3.58. The highest BCUT2D eigenvalue weighted by atomic mass is 19.1. The molecule has 0 bridgehead atoms. The molecule has 3 aromatic rings. The maximum absolute atomic E-state index is 13.1. The van der Waals surface area contributed by atoms with Gasteiger partial charge in [0.25, 0.3) is 5.91 Å². The first kappa shape index (κ1) is 16.5. The van der Waals surface area contributed by atoms with Crippen LogP contribution in [0.25, 0.3) is 11.3 Å². The van der Waals surface area contributed by atoms with E-state index < -0.39 is 0 Å². The Morgan fingerprint density at radius 1 is 1.00 bits per heavy atom. The highest BCUT2D eigenvalue weighted by molar-refractivity contribution is 5.94. The molecule has 0 atom stereocenters. The van der Waals surface area contributed by atoms with Gasteiger partial charge in [0.15, 0.2) is 0 Å². The number of fused-ring (bicyclic) bond motifs is 1. The van der Waals surface area contributed by atoms with Crippen LogP contribution in [0.5, 0.6) is 0 Å².